The van der Waals surface area contributed by atoms with Crippen LogP contribution >= 0.6 is 24.0 Å². The average molecular weight is 493 g/mol. The minimum atomic E-state index is -3.05. The third-order valence-corrected chi connectivity index (χ3v) is 7.44. The van der Waals surface area contributed by atoms with Gasteiger partial charge in [0, 0.05) is 19.6 Å². The van der Waals surface area contributed by atoms with Crippen LogP contribution in [-0.4, -0.2) is 49.4 Å². The van der Waals surface area contributed by atoms with E-state index in [2.05, 4.69) is 43.1 Å². The summed E-state index contributed by atoms with van der Waals surface area (Å²) in [7, 11) is -3.05. The third-order valence-electron chi connectivity index (χ3n) is 4.91. The molecule has 2 rings (SSSR count). The van der Waals surface area contributed by atoms with Crippen molar-refractivity contribution in [2.45, 2.75) is 52.8 Å². The highest BCUT2D eigenvalue weighted by Gasteiger charge is 2.40. The van der Waals surface area contributed by atoms with Gasteiger partial charge in [0.15, 0.2) is 15.8 Å². The highest BCUT2D eigenvalue weighted by atomic mass is 127. The van der Waals surface area contributed by atoms with Crippen LogP contribution in [0.3, 0.4) is 0 Å². The second-order valence-electron chi connectivity index (χ2n) is 7.55. The Morgan fingerprint density at radius 2 is 1.81 bits per heavy atom. The van der Waals surface area contributed by atoms with Gasteiger partial charge < -0.3 is 10.2 Å². The van der Waals surface area contributed by atoms with Crippen molar-refractivity contribution in [2.24, 2.45) is 4.99 Å². The summed E-state index contributed by atoms with van der Waals surface area (Å²) < 4.78 is 23.7. The number of benzene rings is 1. The van der Waals surface area contributed by atoms with Gasteiger partial charge in [-0.3, -0.25) is 0 Å². The van der Waals surface area contributed by atoms with Crippen LogP contribution in [0.5, 0.6) is 0 Å². The van der Waals surface area contributed by atoms with E-state index in [1.54, 1.807) is 13.8 Å². The Morgan fingerprint density at radius 3 is 2.31 bits per heavy atom. The number of guanidine groups is 1. The van der Waals surface area contributed by atoms with E-state index >= 15 is 0 Å². The van der Waals surface area contributed by atoms with Crippen molar-refractivity contribution in [1.82, 2.24) is 10.2 Å². The molecule has 0 spiro atoms. The van der Waals surface area contributed by atoms with Crippen LogP contribution in [0, 0.1) is 20.8 Å². The minimum Gasteiger partial charge on any atom is -0.357 e. The molecule has 26 heavy (non-hydrogen) atoms. The normalized spacial score (nSPS) is 19.0. The van der Waals surface area contributed by atoms with E-state index in [0.29, 0.717) is 19.6 Å². The van der Waals surface area contributed by atoms with E-state index in [4.69, 9.17) is 4.99 Å². The molecule has 5 nitrogen and oxygen atoms in total. The zero-order chi connectivity index (χ0) is 18.8. The van der Waals surface area contributed by atoms with Gasteiger partial charge in [0.05, 0.1) is 17.0 Å². The van der Waals surface area contributed by atoms with Gasteiger partial charge in [-0.1, -0.05) is 17.7 Å². The smallest absolute Gasteiger partial charge is 0.194 e. The molecule has 1 aromatic carbocycles. The van der Waals surface area contributed by atoms with Crippen molar-refractivity contribution in [3.05, 3.63) is 34.4 Å². The molecule has 0 aromatic heterocycles. The molecule has 0 unspecified atom stereocenters. The van der Waals surface area contributed by atoms with E-state index < -0.39 is 14.6 Å². The van der Waals surface area contributed by atoms with Gasteiger partial charge in [-0.2, -0.15) is 0 Å². The summed E-state index contributed by atoms with van der Waals surface area (Å²) in [6.07, 6.45) is 0. The highest BCUT2D eigenvalue weighted by molar-refractivity contribution is 14.0. The molecule has 0 bridgehead atoms. The van der Waals surface area contributed by atoms with E-state index in [9.17, 15) is 8.42 Å². The summed E-state index contributed by atoms with van der Waals surface area (Å²) in [6.45, 7) is 14.3. The Labute approximate surface area is 175 Å². The maximum absolute atomic E-state index is 12.2. The van der Waals surface area contributed by atoms with Crippen LogP contribution in [0.25, 0.3) is 0 Å². The second-order valence-corrected chi connectivity index (χ2v) is 10.3. The lowest BCUT2D eigenvalue weighted by Gasteiger charge is -2.39. The first-order valence-corrected chi connectivity index (χ1v) is 10.5. The van der Waals surface area contributed by atoms with Crippen molar-refractivity contribution in [3.63, 3.8) is 0 Å². The number of sulfone groups is 1. The number of halogens is 1. The fourth-order valence-corrected chi connectivity index (χ4v) is 4.73. The molecule has 0 radical (unpaired) electrons. The molecule has 1 saturated heterocycles. The second kappa shape index (κ2) is 8.91. The Kier molecular flexibility index (Phi) is 7.95. The molecule has 148 valence electrons. The molecular formula is C19H32IN3O2S. The molecule has 1 heterocycles. The fourth-order valence-electron chi connectivity index (χ4n) is 3.36. The van der Waals surface area contributed by atoms with Crippen LogP contribution in [-0.2, 0) is 16.4 Å². The van der Waals surface area contributed by atoms with Crippen LogP contribution in [0.15, 0.2) is 17.1 Å². The van der Waals surface area contributed by atoms with Crippen molar-refractivity contribution >= 4 is 39.8 Å². The topological polar surface area (TPSA) is 61.8 Å². The number of hydrogen-bond acceptors (Lipinski definition) is 3. The predicted octanol–water partition coefficient (Wildman–Crippen LogP) is 3.20. The van der Waals surface area contributed by atoms with Crippen LogP contribution in [0.4, 0.5) is 0 Å². The number of aliphatic imine (C=N–C) groups is 1. The van der Waals surface area contributed by atoms with E-state index in [-0.39, 0.29) is 29.7 Å². The average Bonchev–Trinajstić information content (AvgIpc) is 2.48. The Morgan fingerprint density at radius 1 is 1.23 bits per heavy atom. The van der Waals surface area contributed by atoms with Gasteiger partial charge in [0.25, 0.3) is 0 Å². The molecule has 1 fully saturated rings. The zero-order valence-electron chi connectivity index (χ0n) is 16.7. The maximum Gasteiger partial charge on any atom is 0.194 e. The van der Waals surface area contributed by atoms with Crippen molar-refractivity contribution in [2.75, 3.05) is 25.4 Å². The number of rotatable bonds is 3. The molecule has 0 atom stereocenters. The van der Waals surface area contributed by atoms with Crippen molar-refractivity contribution in [3.8, 4) is 0 Å². The number of nitrogens with one attached hydrogen (secondary N) is 1. The molecule has 0 saturated carbocycles. The first-order valence-electron chi connectivity index (χ1n) is 8.89. The van der Waals surface area contributed by atoms with Gasteiger partial charge >= 0.3 is 0 Å². The first-order chi connectivity index (χ1) is 11.6. The predicted molar refractivity (Wildman–Crippen MR) is 120 cm³/mol. The minimum absolute atomic E-state index is 0. The zero-order valence-corrected chi connectivity index (χ0v) is 19.9. The summed E-state index contributed by atoms with van der Waals surface area (Å²) >= 11 is 0. The molecular weight excluding hydrogens is 461 g/mol. The molecule has 7 heteroatoms. The standard InChI is InChI=1S/C19H31N3O2S.HI/c1-7-20-18(22-8-9-25(23,24)19(5,6)13-22)21-12-17-15(3)10-14(2)11-16(17)4;/h10-11H,7-9,12-13H2,1-6H3,(H,20,21);1H. The number of hydrogen-bond donors (Lipinski definition) is 1. The van der Waals surface area contributed by atoms with Crippen LogP contribution in [0.2, 0.25) is 0 Å². The third kappa shape index (κ3) is 5.12. The lowest BCUT2D eigenvalue weighted by molar-refractivity contribution is 0.353. The number of nitrogens with zero attached hydrogens (tertiary/aromatic N) is 2. The van der Waals surface area contributed by atoms with Gasteiger partial charge in [-0.05, 0) is 58.2 Å². The largest absolute Gasteiger partial charge is 0.357 e. The van der Waals surface area contributed by atoms with Crippen molar-refractivity contribution in [1.29, 1.82) is 0 Å². The molecule has 1 aliphatic rings. The lowest BCUT2D eigenvalue weighted by Crippen LogP contribution is -2.57. The fraction of sp³-hybridized carbons (Fsp3) is 0.632. The van der Waals surface area contributed by atoms with E-state index in [1.807, 2.05) is 6.92 Å². The molecule has 0 amide bonds. The number of aryl methyl sites for hydroxylation is 3. The summed E-state index contributed by atoms with van der Waals surface area (Å²) in [5, 5.41) is 3.32. The Hall–Kier alpha value is -0.830. The molecule has 1 aromatic rings. The van der Waals surface area contributed by atoms with E-state index in [0.717, 1.165) is 12.5 Å². The van der Waals surface area contributed by atoms with Crippen LogP contribution in [0.1, 0.15) is 43.0 Å². The van der Waals surface area contributed by atoms with Gasteiger partial charge in [0.1, 0.15) is 0 Å². The Bertz CT molecular complexity index is 750. The maximum atomic E-state index is 12.2. The molecule has 1 N–H and O–H groups in total. The quantitative estimate of drug-likeness (QED) is 0.399. The monoisotopic (exact) mass is 493 g/mol. The first kappa shape index (κ1) is 23.2. The van der Waals surface area contributed by atoms with Gasteiger partial charge in [-0.25, -0.2) is 13.4 Å². The highest BCUT2D eigenvalue weighted by Crippen LogP contribution is 2.24. The summed E-state index contributed by atoms with van der Waals surface area (Å²) in [4.78, 5) is 6.88. The van der Waals surface area contributed by atoms with Gasteiger partial charge in [0.2, 0.25) is 0 Å². The Balaban J connectivity index is 0.00000338. The van der Waals surface area contributed by atoms with Crippen LogP contribution < -0.4 is 5.32 Å². The lowest BCUT2D eigenvalue weighted by atomic mass is 10.00. The van der Waals surface area contributed by atoms with Crippen molar-refractivity contribution < 1.29 is 8.42 Å². The van der Waals surface area contributed by atoms with Gasteiger partial charge in [-0.15, -0.1) is 24.0 Å². The van der Waals surface area contributed by atoms with E-state index in [1.165, 1.54) is 22.3 Å². The summed E-state index contributed by atoms with van der Waals surface area (Å²) in [5.41, 5.74) is 5.00. The SMILES string of the molecule is CCNC(=NCc1c(C)cc(C)cc1C)N1CCS(=O)(=O)C(C)(C)C1.I. The summed E-state index contributed by atoms with van der Waals surface area (Å²) in [6, 6.07) is 4.36. The molecule has 1 aliphatic heterocycles. The molecule has 0 aliphatic carbocycles. The summed E-state index contributed by atoms with van der Waals surface area (Å²) in [5.74, 6) is 0.970.